The van der Waals surface area contributed by atoms with Crippen molar-refractivity contribution in [3.8, 4) is 0 Å². The highest BCUT2D eigenvalue weighted by Crippen LogP contribution is 2.09. The SMILES string of the molecule is [c]1cncc(C2=NCC2)c1. The second-order valence-corrected chi connectivity index (χ2v) is 2.25. The third kappa shape index (κ3) is 0.817. The van der Waals surface area contributed by atoms with Crippen LogP contribution in [0.2, 0.25) is 0 Å². The Morgan fingerprint density at radius 1 is 1.50 bits per heavy atom. The summed E-state index contributed by atoms with van der Waals surface area (Å²) in [4.78, 5) is 8.15. The monoisotopic (exact) mass is 131 g/mol. The molecule has 0 saturated carbocycles. The van der Waals surface area contributed by atoms with Crippen molar-refractivity contribution in [2.45, 2.75) is 6.42 Å². The molecule has 0 aromatic carbocycles. The zero-order valence-electron chi connectivity index (χ0n) is 5.54. The van der Waals surface area contributed by atoms with Crippen LogP contribution in [0, 0.1) is 6.07 Å². The summed E-state index contributed by atoms with van der Waals surface area (Å²) in [5.41, 5.74) is 2.29. The molecule has 0 saturated heterocycles. The zero-order valence-corrected chi connectivity index (χ0v) is 5.54. The predicted molar refractivity (Wildman–Crippen MR) is 39.1 cm³/mol. The summed E-state index contributed by atoms with van der Waals surface area (Å²) in [6.45, 7) is 0.976. The molecule has 0 amide bonds. The molecule has 1 aliphatic heterocycles. The lowest BCUT2D eigenvalue weighted by atomic mass is 10.1. The molecule has 10 heavy (non-hydrogen) atoms. The van der Waals surface area contributed by atoms with Gasteiger partial charge in [-0.15, -0.1) is 0 Å². The number of rotatable bonds is 1. The van der Waals surface area contributed by atoms with Crippen molar-refractivity contribution in [2.75, 3.05) is 6.54 Å². The van der Waals surface area contributed by atoms with Gasteiger partial charge in [-0.05, 0) is 6.07 Å². The number of nitrogens with zero attached hydrogens (tertiary/aromatic N) is 2. The lowest BCUT2D eigenvalue weighted by Crippen LogP contribution is -2.12. The van der Waals surface area contributed by atoms with E-state index in [-0.39, 0.29) is 0 Å². The van der Waals surface area contributed by atoms with Crippen LogP contribution in [0.4, 0.5) is 0 Å². The number of hydrogen-bond acceptors (Lipinski definition) is 2. The van der Waals surface area contributed by atoms with Crippen LogP contribution in [0.15, 0.2) is 23.5 Å². The molecule has 2 heteroatoms. The second kappa shape index (κ2) is 2.21. The average molecular weight is 131 g/mol. The first kappa shape index (κ1) is 5.59. The van der Waals surface area contributed by atoms with Crippen molar-refractivity contribution in [1.29, 1.82) is 0 Å². The van der Waals surface area contributed by atoms with Crippen LogP contribution in [0.5, 0.6) is 0 Å². The Balaban J connectivity index is 2.34. The maximum Gasteiger partial charge on any atom is 0.0454 e. The highest BCUT2D eigenvalue weighted by molar-refractivity contribution is 6.03. The predicted octanol–water partition coefficient (Wildman–Crippen LogP) is 1.07. The van der Waals surface area contributed by atoms with Gasteiger partial charge in [-0.2, -0.15) is 0 Å². The van der Waals surface area contributed by atoms with Crippen LogP contribution >= 0.6 is 0 Å². The Morgan fingerprint density at radius 3 is 2.90 bits per heavy atom. The number of pyridine rings is 1. The maximum absolute atomic E-state index is 4.20. The van der Waals surface area contributed by atoms with Crippen LogP contribution < -0.4 is 0 Å². The Bertz CT molecular complexity index is 251. The van der Waals surface area contributed by atoms with Crippen LogP contribution in [0.25, 0.3) is 0 Å². The van der Waals surface area contributed by atoms with Gasteiger partial charge < -0.3 is 0 Å². The van der Waals surface area contributed by atoms with Crippen molar-refractivity contribution >= 4 is 5.71 Å². The van der Waals surface area contributed by atoms with E-state index in [1.54, 1.807) is 6.20 Å². The summed E-state index contributed by atoms with van der Waals surface area (Å²) >= 11 is 0. The maximum atomic E-state index is 4.20. The van der Waals surface area contributed by atoms with Crippen LogP contribution in [0.1, 0.15) is 12.0 Å². The molecule has 0 unspecified atom stereocenters. The van der Waals surface area contributed by atoms with Gasteiger partial charge in [0.2, 0.25) is 0 Å². The molecule has 1 aliphatic rings. The van der Waals surface area contributed by atoms with Gasteiger partial charge in [0, 0.05) is 42.7 Å². The van der Waals surface area contributed by atoms with Gasteiger partial charge in [-0.3, -0.25) is 9.98 Å². The fraction of sp³-hybridized carbons (Fsp3) is 0.250. The summed E-state index contributed by atoms with van der Waals surface area (Å²) in [6.07, 6.45) is 4.58. The van der Waals surface area contributed by atoms with E-state index in [4.69, 9.17) is 0 Å². The summed E-state index contributed by atoms with van der Waals surface area (Å²) in [6, 6.07) is 4.84. The Labute approximate surface area is 59.6 Å². The van der Waals surface area contributed by atoms with Crippen molar-refractivity contribution in [3.63, 3.8) is 0 Å². The normalized spacial score (nSPS) is 15.8. The summed E-state index contributed by atoms with van der Waals surface area (Å²) in [5.74, 6) is 0. The van der Waals surface area contributed by atoms with Gasteiger partial charge in [0.1, 0.15) is 0 Å². The number of aliphatic imine (C=N–C) groups is 1. The largest absolute Gasteiger partial charge is 0.289 e. The highest BCUT2D eigenvalue weighted by atomic mass is 14.8. The van der Waals surface area contributed by atoms with E-state index >= 15 is 0 Å². The summed E-state index contributed by atoms with van der Waals surface area (Å²) in [7, 11) is 0. The third-order valence-corrected chi connectivity index (χ3v) is 1.59. The molecular formula is C8H7N2. The van der Waals surface area contributed by atoms with Gasteiger partial charge in [-0.25, -0.2) is 0 Å². The zero-order chi connectivity index (χ0) is 6.81. The van der Waals surface area contributed by atoms with Gasteiger partial charge >= 0.3 is 0 Å². The minimum atomic E-state index is 0.976. The fourth-order valence-corrected chi connectivity index (χ4v) is 0.942. The quantitative estimate of drug-likeness (QED) is 0.559. The lowest BCUT2D eigenvalue weighted by Gasteiger charge is -2.11. The molecule has 49 valence electrons. The summed E-state index contributed by atoms with van der Waals surface area (Å²) in [5, 5.41) is 0. The first-order valence-electron chi connectivity index (χ1n) is 3.31. The second-order valence-electron chi connectivity index (χ2n) is 2.25. The molecule has 0 N–H and O–H groups in total. The first-order chi connectivity index (χ1) is 4.97. The Hall–Kier alpha value is -1.18. The Kier molecular flexibility index (Phi) is 1.24. The third-order valence-electron chi connectivity index (χ3n) is 1.59. The summed E-state index contributed by atoms with van der Waals surface area (Å²) < 4.78 is 0. The molecule has 1 aromatic rings. The molecule has 0 aliphatic carbocycles. The molecule has 0 bridgehead atoms. The smallest absolute Gasteiger partial charge is 0.0454 e. The molecule has 1 radical (unpaired) electrons. The van der Waals surface area contributed by atoms with Gasteiger partial charge in [0.15, 0.2) is 0 Å². The molecule has 2 heterocycles. The van der Waals surface area contributed by atoms with Crippen LogP contribution in [0.3, 0.4) is 0 Å². The lowest BCUT2D eigenvalue weighted by molar-refractivity contribution is 0.945. The molecule has 0 spiro atoms. The van der Waals surface area contributed by atoms with Crippen LogP contribution in [-0.2, 0) is 0 Å². The number of aromatic nitrogens is 1. The van der Waals surface area contributed by atoms with Crippen molar-refractivity contribution in [1.82, 2.24) is 4.98 Å². The average Bonchev–Trinajstić information content (AvgIpc) is 1.86. The first-order valence-corrected chi connectivity index (χ1v) is 3.31. The minimum Gasteiger partial charge on any atom is -0.289 e. The van der Waals surface area contributed by atoms with Gasteiger partial charge in [0.25, 0.3) is 0 Å². The van der Waals surface area contributed by atoms with E-state index in [2.05, 4.69) is 16.0 Å². The molecule has 0 atom stereocenters. The van der Waals surface area contributed by atoms with E-state index in [0.29, 0.717) is 0 Å². The van der Waals surface area contributed by atoms with E-state index < -0.39 is 0 Å². The van der Waals surface area contributed by atoms with Crippen molar-refractivity contribution < 1.29 is 0 Å². The van der Waals surface area contributed by atoms with Crippen molar-refractivity contribution in [3.05, 3.63) is 30.1 Å². The molecule has 1 aromatic heterocycles. The van der Waals surface area contributed by atoms with Crippen molar-refractivity contribution in [2.24, 2.45) is 4.99 Å². The van der Waals surface area contributed by atoms with Crippen LogP contribution in [-0.4, -0.2) is 17.2 Å². The van der Waals surface area contributed by atoms with E-state index in [1.807, 2.05) is 12.3 Å². The topological polar surface area (TPSA) is 25.2 Å². The Morgan fingerprint density at radius 2 is 2.40 bits per heavy atom. The fourth-order valence-electron chi connectivity index (χ4n) is 0.942. The van der Waals surface area contributed by atoms with Gasteiger partial charge in [0.05, 0.1) is 0 Å². The highest BCUT2D eigenvalue weighted by Gasteiger charge is 2.08. The van der Waals surface area contributed by atoms with E-state index in [1.165, 1.54) is 5.71 Å². The minimum absolute atomic E-state index is 0.976. The van der Waals surface area contributed by atoms with E-state index in [9.17, 15) is 0 Å². The van der Waals surface area contributed by atoms with E-state index in [0.717, 1.165) is 18.5 Å². The molecule has 0 fully saturated rings. The molecule has 2 rings (SSSR count). The molecular weight excluding hydrogens is 124 g/mol. The standard InChI is InChI=1S/C8H7N2/c1-2-7(6-9-4-1)8-3-5-10-8/h2,4,6H,3,5H2. The van der Waals surface area contributed by atoms with Gasteiger partial charge in [-0.1, -0.05) is 0 Å². The number of hydrogen-bond donors (Lipinski definition) is 0. The molecule has 2 nitrogen and oxygen atoms in total.